The molecule has 0 bridgehead atoms. The normalized spacial score (nSPS) is 28.5. The lowest BCUT2D eigenvalue weighted by atomic mass is 9.86. The predicted molar refractivity (Wildman–Crippen MR) is 79.3 cm³/mol. The van der Waals surface area contributed by atoms with Gasteiger partial charge < -0.3 is 10.2 Å². The van der Waals surface area contributed by atoms with Crippen LogP contribution in [0.15, 0.2) is 11.6 Å². The van der Waals surface area contributed by atoms with Gasteiger partial charge in [0.2, 0.25) is 0 Å². The first-order valence-electron chi connectivity index (χ1n) is 6.65. The van der Waals surface area contributed by atoms with E-state index in [-0.39, 0.29) is 18.1 Å². The van der Waals surface area contributed by atoms with Crippen molar-refractivity contribution in [1.82, 2.24) is 4.90 Å². The van der Waals surface area contributed by atoms with E-state index in [1.807, 2.05) is 13.0 Å². The van der Waals surface area contributed by atoms with Crippen LogP contribution in [0.3, 0.4) is 0 Å². The van der Waals surface area contributed by atoms with E-state index < -0.39 is 10.8 Å². The number of nitrogens with zero attached hydrogens (tertiary/aromatic N) is 1. The number of carboxylic acids is 1. The van der Waals surface area contributed by atoms with Gasteiger partial charge in [-0.05, 0) is 18.9 Å². The van der Waals surface area contributed by atoms with Gasteiger partial charge in [0.15, 0.2) is 0 Å². The number of thioether (sulfide) groups is 1. The molecule has 2 N–H and O–H groups in total. The maximum atomic E-state index is 11.5. The molecular weight excluding hydrogens is 262 g/mol. The zero-order valence-corrected chi connectivity index (χ0v) is 13.3. The van der Waals surface area contributed by atoms with Crippen molar-refractivity contribution in [3.63, 3.8) is 0 Å². The molecule has 0 radical (unpaired) electrons. The van der Waals surface area contributed by atoms with Crippen molar-refractivity contribution in [2.24, 2.45) is 5.41 Å². The third-order valence-electron chi connectivity index (χ3n) is 3.64. The van der Waals surface area contributed by atoms with Crippen LogP contribution in [0, 0.1) is 5.41 Å². The second kappa shape index (κ2) is 5.85. The van der Waals surface area contributed by atoms with Gasteiger partial charge in [-0.1, -0.05) is 33.8 Å². The number of hydrogen-bond acceptors (Lipinski definition) is 4. The Labute approximate surface area is 119 Å². The molecule has 1 aliphatic rings. The summed E-state index contributed by atoms with van der Waals surface area (Å²) in [6, 6.07) is 0.0970. The van der Waals surface area contributed by atoms with Gasteiger partial charge in [0.05, 0.1) is 17.1 Å². The second-order valence-electron chi connectivity index (χ2n) is 6.04. The van der Waals surface area contributed by atoms with Crippen LogP contribution < -0.4 is 0 Å². The van der Waals surface area contributed by atoms with Gasteiger partial charge in [0.25, 0.3) is 0 Å². The number of aliphatic hydroxyl groups is 1. The van der Waals surface area contributed by atoms with E-state index in [0.29, 0.717) is 11.3 Å². The van der Waals surface area contributed by atoms with Crippen LogP contribution in [-0.2, 0) is 4.79 Å². The number of aliphatic carboxylic acids is 1. The highest BCUT2D eigenvalue weighted by Crippen LogP contribution is 2.46. The minimum Gasteiger partial charge on any atom is -0.478 e. The summed E-state index contributed by atoms with van der Waals surface area (Å²) in [5.41, 5.74) is 0.418. The quantitative estimate of drug-likeness (QED) is 0.811. The highest BCUT2D eigenvalue weighted by Gasteiger charge is 2.49. The maximum absolute atomic E-state index is 11.5. The standard InChI is InChI=1S/C14H25NO3S/c1-6-15-11(13(2,3)4)9-10(12(17)18)14(15,5)19-8-7-16/h9,11,16H,6-8H2,1-5H3,(H,17,18)/t11-,14-/m1/s1. The largest absolute Gasteiger partial charge is 0.478 e. The van der Waals surface area contributed by atoms with Gasteiger partial charge >= 0.3 is 5.97 Å². The summed E-state index contributed by atoms with van der Waals surface area (Å²) in [5.74, 6) is -0.327. The Hall–Kier alpha value is -0.520. The van der Waals surface area contributed by atoms with E-state index in [2.05, 4.69) is 32.6 Å². The first kappa shape index (κ1) is 16.5. The molecule has 0 spiro atoms. The van der Waals surface area contributed by atoms with Crippen LogP contribution in [0.1, 0.15) is 34.6 Å². The second-order valence-corrected chi connectivity index (χ2v) is 7.53. The predicted octanol–water partition coefficient (Wildman–Crippen LogP) is 2.19. The van der Waals surface area contributed by atoms with Crippen molar-refractivity contribution in [2.45, 2.75) is 45.5 Å². The highest BCUT2D eigenvalue weighted by atomic mass is 32.2. The number of carboxylic acid groups (broad SMARTS) is 1. The number of aliphatic hydroxyl groups excluding tert-OH is 1. The molecule has 0 saturated carbocycles. The van der Waals surface area contributed by atoms with Crippen molar-refractivity contribution >= 4 is 17.7 Å². The lowest BCUT2D eigenvalue weighted by Crippen LogP contribution is -2.50. The van der Waals surface area contributed by atoms with Gasteiger partial charge in [-0.2, -0.15) is 0 Å². The smallest absolute Gasteiger partial charge is 0.334 e. The minimum atomic E-state index is -0.863. The molecule has 19 heavy (non-hydrogen) atoms. The Morgan fingerprint density at radius 3 is 2.47 bits per heavy atom. The summed E-state index contributed by atoms with van der Waals surface area (Å²) >= 11 is 1.50. The number of hydrogen-bond donors (Lipinski definition) is 2. The third kappa shape index (κ3) is 3.15. The monoisotopic (exact) mass is 287 g/mol. The molecule has 0 fully saturated rings. The number of rotatable bonds is 5. The zero-order chi connectivity index (χ0) is 14.8. The number of likely N-dealkylation sites (N-methyl/N-ethyl adjacent to an activating group) is 1. The molecule has 2 atom stereocenters. The zero-order valence-electron chi connectivity index (χ0n) is 12.4. The fourth-order valence-corrected chi connectivity index (χ4v) is 3.92. The summed E-state index contributed by atoms with van der Waals surface area (Å²) < 4.78 is 0. The molecule has 4 nitrogen and oxygen atoms in total. The molecule has 0 aromatic carbocycles. The Balaban J connectivity index is 3.19. The molecule has 1 rings (SSSR count). The Morgan fingerprint density at radius 1 is 1.53 bits per heavy atom. The molecule has 1 aliphatic heterocycles. The molecule has 0 aromatic rings. The maximum Gasteiger partial charge on any atom is 0.334 e. The molecule has 0 saturated heterocycles. The number of carbonyl (C=O) groups is 1. The summed E-state index contributed by atoms with van der Waals surface area (Å²) in [7, 11) is 0. The van der Waals surface area contributed by atoms with Gasteiger partial charge in [-0.15, -0.1) is 11.8 Å². The average Bonchev–Trinajstić information content (AvgIpc) is 2.59. The van der Waals surface area contributed by atoms with Crippen molar-refractivity contribution in [1.29, 1.82) is 0 Å². The molecule has 1 heterocycles. The lowest BCUT2D eigenvalue weighted by Gasteiger charge is -2.43. The third-order valence-corrected chi connectivity index (χ3v) is 5.04. The fourth-order valence-electron chi connectivity index (χ4n) is 2.71. The first-order valence-corrected chi connectivity index (χ1v) is 7.64. The Bertz CT molecular complexity index is 375. The van der Waals surface area contributed by atoms with E-state index in [4.69, 9.17) is 5.11 Å². The van der Waals surface area contributed by atoms with Crippen LogP contribution in [0.2, 0.25) is 0 Å². The van der Waals surface area contributed by atoms with Gasteiger partial charge in [0.1, 0.15) is 0 Å². The van der Waals surface area contributed by atoms with E-state index in [1.165, 1.54) is 11.8 Å². The highest BCUT2D eigenvalue weighted by molar-refractivity contribution is 8.00. The summed E-state index contributed by atoms with van der Waals surface area (Å²) in [6.45, 7) is 11.2. The van der Waals surface area contributed by atoms with Gasteiger partial charge in [-0.3, -0.25) is 4.90 Å². The van der Waals surface area contributed by atoms with Crippen LogP contribution in [-0.4, -0.2) is 50.9 Å². The van der Waals surface area contributed by atoms with Gasteiger partial charge in [-0.25, -0.2) is 4.79 Å². The topological polar surface area (TPSA) is 60.8 Å². The Morgan fingerprint density at radius 2 is 2.11 bits per heavy atom. The average molecular weight is 287 g/mol. The minimum absolute atomic E-state index is 0.0196. The van der Waals surface area contributed by atoms with E-state index in [0.717, 1.165) is 6.54 Å². The van der Waals surface area contributed by atoms with Crippen molar-refractivity contribution in [3.05, 3.63) is 11.6 Å². The fraction of sp³-hybridized carbons (Fsp3) is 0.786. The summed E-state index contributed by atoms with van der Waals surface area (Å²) in [6.07, 6.45) is 1.89. The lowest BCUT2D eigenvalue weighted by molar-refractivity contribution is -0.133. The summed E-state index contributed by atoms with van der Waals surface area (Å²) in [5, 5.41) is 18.5. The SMILES string of the molecule is CCN1[C@@H](C(C)(C)C)C=C(C(=O)O)[C@@]1(C)SCCO. The molecule has 110 valence electrons. The van der Waals surface area contributed by atoms with E-state index in [9.17, 15) is 9.90 Å². The molecule has 5 heteroatoms. The molecule has 0 amide bonds. The Kier molecular flexibility index (Phi) is 5.09. The molecule has 0 unspecified atom stereocenters. The van der Waals surface area contributed by atoms with Crippen LogP contribution >= 0.6 is 11.8 Å². The molecule has 0 aliphatic carbocycles. The van der Waals surface area contributed by atoms with Crippen molar-refractivity contribution in [2.75, 3.05) is 18.9 Å². The van der Waals surface area contributed by atoms with Crippen molar-refractivity contribution in [3.8, 4) is 0 Å². The first-order chi connectivity index (χ1) is 8.68. The molecular formula is C14H25NO3S. The van der Waals surface area contributed by atoms with Gasteiger partial charge in [0, 0.05) is 11.8 Å². The van der Waals surface area contributed by atoms with E-state index in [1.54, 1.807) is 0 Å². The van der Waals surface area contributed by atoms with Crippen LogP contribution in [0.4, 0.5) is 0 Å². The van der Waals surface area contributed by atoms with Crippen LogP contribution in [0.25, 0.3) is 0 Å². The summed E-state index contributed by atoms with van der Waals surface area (Å²) in [4.78, 5) is 13.2. The van der Waals surface area contributed by atoms with Crippen molar-refractivity contribution < 1.29 is 15.0 Å². The van der Waals surface area contributed by atoms with E-state index >= 15 is 0 Å². The molecule has 0 aromatic heterocycles. The van der Waals surface area contributed by atoms with Crippen LogP contribution in [0.5, 0.6) is 0 Å².